The first kappa shape index (κ1) is 17.3. The maximum absolute atomic E-state index is 12.8. The van der Waals surface area contributed by atoms with Crippen LogP contribution in [-0.4, -0.2) is 44.4 Å². The number of carbonyl (C=O) groups is 2. The highest BCUT2D eigenvalue weighted by Crippen LogP contribution is 2.28. The van der Waals surface area contributed by atoms with Crippen LogP contribution in [0.15, 0.2) is 59.9 Å². The van der Waals surface area contributed by atoms with Crippen molar-refractivity contribution in [1.29, 1.82) is 0 Å². The number of para-hydroxylation sites is 1. The van der Waals surface area contributed by atoms with Gasteiger partial charge >= 0.3 is 5.97 Å². The van der Waals surface area contributed by atoms with Crippen molar-refractivity contribution < 1.29 is 14.7 Å². The Morgan fingerprint density at radius 3 is 2.81 bits per heavy atom. The van der Waals surface area contributed by atoms with Crippen molar-refractivity contribution in [1.82, 2.24) is 9.97 Å². The Labute approximate surface area is 159 Å². The van der Waals surface area contributed by atoms with Gasteiger partial charge in [0.1, 0.15) is 5.65 Å². The number of aromatic nitrogens is 2. The summed E-state index contributed by atoms with van der Waals surface area (Å²) in [6, 6.07) is 13.0. The number of fused-ring (bicyclic) bond motifs is 1. The second kappa shape index (κ2) is 7.24. The van der Waals surface area contributed by atoms with E-state index in [0.29, 0.717) is 27.5 Å². The number of nitrogens with one attached hydrogen (secondary N) is 1. The van der Waals surface area contributed by atoms with Crippen LogP contribution in [-0.2, 0) is 4.79 Å². The maximum atomic E-state index is 12.8. The molecule has 1 atom stereocenters. The molecule has 0 bridgehead atoms. The summed E-state index contributed by atoms with van der Waals surface area (Å²) in [5.74, 6) is -1.38. The molecule has 0 aliphatic carbocycles. The predicted octanol–water partition coefficient (Wildman–Crippen LogP) is 3.01. The minimum absolute atomic E-state index is 0.272. The van der Waals surface area contributed by atoms with E-state index in [-0.39, 0.29) is 12.5 Å². The smallest absolute Gasteiger partial charge is 0.309 e. The van der Waals surface area contributed by atoms with Crippen molar-refractivity contribution in [2.45, 2.75) is 0 Å². The average molecular weight is 380 g/mol. The lowest BCUT2D eigenvalue weighted by molar-refractivity contribution is -0.140. The molecule has 27 heavy (non-hydrogen) atoms. The quantitative estimate of drug-likeness (QED) is 0.725. The van der Waals surface area contributed by atoms with Crippen molar-refractivity contribution in [3.8, 4) is 0 Å². The van der Waals surface area contributed by atoms with Crippen LogP contribution in [0.5, 0.6) is 0 Å². The molecule has 4 rings (SSSR count). The lowest BCUT2D eigenvalue weighted by atomic mass is 10.1. The number of thioether (sulfide) groups is 1. The summed E-state index contributed by atoms with van der Waals surface area (Å²) < 4.78 is 0. The molecule has 2 aromatic heterocycles. The molecule has 1 aliphatic rings. The number of H-pyrrole nitrogens is 1. The number of benzene rings is 1. The lowest BCUT2D eigenvalue weighted by Crippen LogP contribution is -2.42. The number of hydrogen-bond donors (Lipinski definition) is 2. The van der Waals surface area contributed by atoms with E-state index < -0.39 is 11.9 Å². The fourth-order valence-corrected chi connectivity index (χ4v) is 4.03. The Morgan fingerprint density at radius 1 is 1.22 bits per heavy atom. The van der Waals surface area contributed by atoms with E-state index in [1.165, 1.54) is 11.8 Å². The van der Waals surface area contributed by atoms with Crippen molar-refractivity contribution in [3.63, 3.8) is 0 Å². The predicted molar refractivity (Wildman–Crippen MR) is 105 cm³/mol. The average Bonchev–Trinajstić information content (AvgIpc) is 3.13. The third-order valence-corrected chi connectivity index (χ3v) is 5.48. The fourth-order valence-electron chi connectivity index (χ4n) is 2.95. The van der Waals surface area contributed by atoms with E-state index in [1.807, 2.05) is 36.4 Å². The molecule has 136 valence electrons. The lowest BCUT2D eigenvalue weighted by Gasteiger charge is -2.32. The van der Waals surface area contributed by atoms with Crippen LogP contribution < -0.4 is 4.90 Å². The third kappa shape index (κ3) is 3.43. The zero-order chi connectivity index (χ0) is 18.8. The van der Waals surface area contributed by atoms with E-state index in [0.717, 1.165) is 5.69 Å². The summed E-state index contributed by atoms with van der Waals surface area (Å²) in [4.78, 5) is 37.5. The van der Waals surface area contributed by atoms with Crippen LogP contribution in [0.25, 0.3) is 11.0 Å². The van der Waals surface area contributed by atoms with Crippen molar-refractivity contribution in [2.75, 3.05) is 17.2 Å². The monoisotopic (exact) mass is 380 g/mol. The van der Waals surface area contributed by atoms with Gasteiger partial charge in [-0.05, 0) is 24.3 Å². The first-order chi connectivity index (χ1) is 13.1. The summed E-state index contributed by atoms with van der Waals surface area (Å²) in [5.41, 5.74) is 1.88. The number of nitrogens with zero attached hydrogens (tertiary/aromatic N) is 3. The molecule has 8 heteroatoms. The van der Waals surface area contributed by atoms with Gasteiger partial charge in [-0.2, -0.15) is 4.99 Å². The van der Waals surface area contributed by atoms with Crippen LogP contribution in [0.4, 0.5) is 5.69 Å². The number of aliphatic imine (C=N–C) groups is 1. The minimum Gasteiger partial charge on any atom is -0.481 e. The summed E-state index contributed by atoms with van der Waals surface area (Å²) in [7, 11) is 0. The van der Waals surface area contributed by atoms with Crippen molar-refractivity contribution >= 4 is 45.5 Å². The molecule has 1 fully saturated rings. The molecule has 3 heterocycles. The normalized spacial score (nSPS) is 18.7. The molecule has 0 saturated carbocycles. The molecule has 0 radical (unpaired) electrons. The topological polar surface area (TPSA) is 98.6 Å². The van der Waals surface area contributed by atoms with E-state index in [4.69, 9.17) is 0 Å². The van der Waals surface area contributed by atoms with Gasteiger partial charge in [-0.15, -0.1) is 0 Å². The number of hydrogen-bond acceptors (Lipinski definition) is 4. The van der Waals surface area contributed by atoms with Crippen LogP contribution >= 0.6 is 11.8 Å². The molecule has 1 unspecified atom stereocenters. The molecule has 0 spiro atoms. The van der Waals surface area contributed by atoms with Gasteiger partial charge in [-0.25, -0.2) is 4.98 Å². The Balaban J connectivity index is 1.69. The Kier molecular flexibility index (Phi) is 4.64. The summed E-state index contributed by atoms with van der Waals surface area (Å²) in [6.45, 7) is 0.272. The molecule has 1 aliphatic heterocycles. The van der Waals surface area contributed by atoms with Gasteiger partial charge in [-0.1, -0.05) is 30.0 Å². The van der Waals surface area contributed by atoms with Crippen molar-refractivity contribution in [2.24, 2.45) is 10.9 Å². The van der Waals surface area contributed by atoms with Gasteiger partial charge in [0.25, 0.3) is 5.91 Å². The van der Waals surface area contributed by atoms with Crippen LogP contribution in [0.1, 0.15) is 10.4 Å². The number of amidine groups is 1. The van der Waals surface area contributed by atoms with Gasteiger partial charge in [0.05, 0.1) is 11.5 Å². The fraction of sp³-hybridized carbons (Fsp3) is 0.158. The van der Waals surface area contributed by atoms with E-state index in [9.17, 15) is 14.7 Å². The molecular formula is C19H16N4O3S. The number of aliphatic carboxylic acids is 1. The zero-order valence-electron chi connectivity index (χ0n) is 14.2. The molecule has 2 N–H and O–H groups in total. The largest absolute Gasteiger partial charge is 0.481 e. The summed E-state index contributed by atoms with van der Waals surface area (Å²) >= 11 is 1.28. The first-order valence-corrected chi connectivity index (χ1v) is 9.35. The molecule has 1 aromatic carbocycles. The molecule has 7 nitrogen and oxygen atoms in total. The number of pyridine rings is 1. The highest BCUT2D eigenvalue weighted by atomic mass is 32.2. The number of anilines is 1. The zero-order valence-corrected chi connectivity index (χ0v) is 15.0. The first-order valence-electron chi connectivity index (χ1n) is 8.37. The van der Waals surface area contributed by atoms with Gasteiger partial charge in [0.2, 0.25) is 0 Å². The van der Waals surface area contributed by atoms with Crippen LogP contribution in [0.3, 0.4) is 0 Å². The summed E-state index contributed by atoms with van der Waals surface area (Å²) in [5, 5.41) is 10.6. The van der Waals surface area contributed by atoms with E-state index in [2.05, 4.69) is 15.0 Å². The highest BCUT2D eigenvalue weighted by molar-refractivity contribution is 8.14. The maximum Gasteiger partial charge on any atom is 0.309 e. The Morgan fingerprint density at radius 2 is 2.04 bits per heavy atom. The van der Waals surface area contributed by atoms with E-state index >= 15 is 0 Å². The molecular weight excluding hydrogens is 364 g/mol. The standard InChI is InChI=1S/C19H16N4O3S/c24-17(15-9-21-16-14(15)7-4-8-20-16)22-19-23(13-5-2-1-3-6-13)10-12(11-27-19)18(25)26/h1-9,12H,10-11H2,(H,20,21)(H,25,26)/b22-19-. The Hall–Kier alpha value is -3.13. The Bertz CT molecular complexity index is 1030. The summed E-state index contributed by atoms with van der Waals surface area (Å²) in [6.07, 6.45) is 3.25. The van der Waals surface area contributed by atoms with Gasteiger partial charge in [0, 0.05) is 35.8 Å². The van der Waals surface area contributed by atoms with Gasteiger partial charge in [0.15, 0.2) is 5.17 Å². The highest BCUT2D eigenvalue weighted by Gasteiger charge is 2.31. The van der Waals surface area contributed by atoms with E-state index in [1.54, 1.807) is 23.4 Å². The molecule has 1 amide bonds. The van der Waals surface area contributed by atoms with Gasteiger partial charge < -0.3 is 15.0 Å². The minimum atomic E-state index is -0.850. The number of amides is 1. The van der Waals surface area contributed by atoms with Crippen LogP contribution in [0.2, 0.25) is 0 Å². The number of carbonyl (C=O) groups excluding carboxylic acids is 1. The van der Waals surface area contributed by atoms with Crippen LogP contribution in [0, 0.1) is 5.92 Å². The molecule has 1 saturated heterocycles. The number of aromatic amines is 1. The number of carboxylic acid groups (broad SMARTS) is 1. The van der Waals surface area contributed by atoms with Crippen molar-refractivity contribution in [3.05, 3.63) is 60.4 Å². The number of carboxylic acids is 1. The second-order valence-corrected chi connectivity index (χ2v) is 7.08. The third-order valence-electron chi connectivity index (χ3n) is 4.34. The number of rotatable bonds is 3. The molecule has 3 aromatic rings. The second-order valence-electron chi connectivity index (χ2n) is 6.09. The SMILES string of the molecule is O=C(/N=C1\SCC(C(=O)O)CN1c1ccccc1)c1c[nH]c2ncccc12. The van der Waals surface area contributed by atoms with Gasteiger partial charge in [-0.3, -0.25) is 9.59 Å².